The number of nitrogens with one attached hydrogen (secondary N) is 3. The number of thiophene rings is 1. The molecular weight excluding hydrogens is 308 g/mol. The van der Waals surface area contributed by atoms with Gasteiger partial charge < -0.3 is 5.32 Å². The molecule has 0 unspecified atom stereocenters. The number of nitrogens with zero attached hydrogens (tertiary/aromatic N) is 3. The summed E-state index contributed by atoms with van der Waals surface area (Å²) < 4.78 is 0. The molecule has 3 N–H and O–H groups in total. The Hall–Kier alpha value is -2.80. The molecule has 0 fully saturated rings. The minimum absolute atomic E-state index is 0.654. The lowest BCUT2D eigenvalue weighted by molar-refractivity contribution is -0.347. The average molecular weight is 323 g/mol. The van der Waals surface area contributed by atoms with Crippen molar-refractivity contribution in [1.29, 1.82) is 0 Å². The third-order valence-corrected chi connectivity index (χ3v) is 4.23. The Balaban J connectivity index is 1.53. The van der Waals surface area contributed by atoms with E-state index in [1.54, 1.807) is 17.7 Å². The maximum atomic E-state index is 4.52. The van der Waals surface area contributed by atoms with Crippen molar-refractivity contribution in [2.45, 2.75) is 13.5 Å². The Morgan fingerprint density at radius 3 is 3.00 bits per heavy atom. The summed E-state index contributed by atoms with van der Waals surface area (Å²) in [6, 6.07) is 6.20. The Labute approximate surface area is 136 Å². The molecule has 0 saturated heterocycles. The quantitative estimate of drug-likeness (QED) is 0.605. The van der Waals surface area contributed by atoms with Crippen LogP contribution in [-0.4, -0.2) is 19.9 Å². The number of aromatic amines is 2. The van der Waals surface area contributed by atoms with Crippen molar-refractivity contribution >= 4 is 28.3 Å². The largest absolute Gasteiger partial charge is 0.363 e. The second-order valence-corrected chi connectivity index (χ2v) is 5.97. The van der Waals surface area contributed by atoms with Gasteiger partial charge in [-0.25, -0.2) is 4.98 Å². The Kier molecular flexibility index (Phi) is 3.47. The Morgan fingerprint density at radius 2 is 2.22 bits per heavy atom. The number of imidazole rings is 1. The van der Waals surface area contributed by atoms with Crippen molar-refractivity contribution < 1.29 is 4.98 Å². The maximum Gasteiger partial charge on any atom is 0.305 e. The van der Waals surface area contributed by atoms with Crippen molar-refractivity contribution in [3.63, 3.8) is 0 Å². The summed E-state index contributed by atoms with van der Waals surface area (Å²) in [5.41, 5.74) is 4.92. The van der Waals surface area contributed by atoms with Gasteiger partial charge in [-0.2, -0.15) is 16.3 Å². The van der Waals surface area contributed by atoms with E-state index in [1.807, 2.05) is 19.2 Å². The number of aryl methyl sites for hydroxylation is 1. The van der Waals surface area contributed by atoms with Gasteiger partial charge in [0.15, 0.2) is 12.1 Å². The average Bonchev–Trinajstić information content (AvgIpc) is 3.24. The van der Waals surface area contributed by atoms with Crippen LogP contribution in [0.1, 0.15) is 11.4 Å². The lowest BCUT2D eigenvalue weighted by atomic mass is 10.2. The molecule has 0 aliphatic carbocycles. The van der Waals surface area contributed by atoms with E-state index in [0.717, 1.165) is 39.6 Å². The predicted octanol–water partition coefficient (Wildman–Crippen LogP) is 2.82. The zero-order chi connectivity index (χ0) is 15.6. The van der Waals surface area contributed by atoms with Crippen molar-refractivity contribution in [2.75, 3.05) is 5.32 Å². The zero-order valence-corrected chi connectivity index (χ0v) is 13.3. The normalized spacial score (nSPS) is 11.0. The molecule has 0 aliphatic heterocycles. The molecule has 114 valence electrons. The number of pyridine rings is 1. The first-order valence-corrected chi connectivity index (χ1v) is 8.18. The zero-order valence-electron chi connectivity index (χ0n) is 12.5. The van der Waals surface area contributed by atoms with Gasteiger partial charge in [-0.3, -0.25) is 9.97 Å². The summed E-state index contributed by atoms with van der Waals surface area (Å²) >= 11 is 1.68. The molecule has 23 heavy (non-hydrogen) atoms. The van der Waals surface area contributed by atoms with Gasteiger partial charge >= 0.3 is 5.65 Å². The van der Waals surface area contributed by atoms with Crippen molar-refractivity contribution in [1.82, 2.24) is 19.9 Å². The molecule has 0 aliphatic rings. The lowest BCUT2D eigenvalue weighted by Gasteiger charge is -2.06. The minimum atomic E-state index is 0.654. The van der Waals surface area contributed by atoms with Crippen LogP contribution in [0.4, 0.5) is 5.82 Å². The third-order valence-electron chi connectivity index (χ3n) is 3.55. The molecule has 0 amide bonds. The van der Waals surface area contributed by atoms with Gasteiger partial charge in [0.05, 0.1) is 5.69 Å². The molecule has 0 spiro atoms. The van der Waals surface area contributed by atoms with E-state index in [0.29, 0.717) is 6.54 Å². The van der Waals surface area contributed by atoms with E-state index in [4.69, 9.17) is 0 Å². The van der Waals surface area contributed by atoms with E-state index in [9.17, 15) is 0 Å². The summed E-state index contributed by atoms with van der Waals surface area (Å²) in [7, 11) is 0. The smallest absolute Gasteiger partial charge is 0.305 e. The highest BCUT2D eigenvalue weighted by Gasteiger charge is 2.13. The summed E-state index contributed by atoms with van der Waals surface area (Å²) in [6.45, 7) is 2.53. The van der Waals surface area contributed by atoms with E-state index in [-0.39, 0.29) is 0 Å². The molecule has 6 nitrogen and oxygen atoms in total. The highest BCUT2D eigenvalue weighted by molar-refractivity contribution is 7.08. The van der Waals surface area contributed by atoms with E-state index in [1.165, 1.54) is 0 Å². The van der Waals surface area contributed by atoms with Gasteiger partial charge in [-0.05, 0) is 23.1 Å². The van der Waals surface area contributed by atoms with Crippen LogP contribution in [0.25, 0.3) is 22.4 Å². The second-order valence-electron chi connectivity index (χ2n) is 5.19. The number of hydrogen-bond acceptors (Lipinski definition) is 5. The molecule has 0 aromatic carbocycles. The van der Waals surface area contributed by atoms with E-state index < -0.39 is 0 Å². The fraction of sp³-hybridized carbons (Fsp3) is 0.125. The molecule has 0 saturated carbocycles. The third kappa shape index (κ3) is 2.78. The number of rotatable bonds is 4. The van der Waals surface area contributed by atoms with Crippen LogP contribution in [0, 0.1) is 6.92 Å². The molecule has 0 radical (unpaired) electrons. The van der Waals surface area contributed by atoms with Crippen LogP contribution in [0.15, 0.2) is 41.5 Å². The molecular formula is C16H15N6S+. The molecule has 4 heterocycles. The number of anilines is 1. The lowest BCUT2D eigenvalue weighted by Crippen LogP contribution is -2.06. The van der Waals surface area contributed by atoms with E-state index in [2.05, 4.69) is 53.1 Å². The van der Waals surface area contributed by atoms with Gasteiger partial charge in [0.2, 0.25) is 11.3 Å². The highest BCUT2D eigenvalue weighted by atomic mass is 32.1. The highest BCUT2D eigenvalue weighted by Crippen LogP contribution is 2.20. The second kappa shape index (κ2) is 5.77. The first-order valence-electron chi connectivity index (χ1n) is 7.24. The summed E-state index contributed by atoms with van der Waals surface area (Å²) in [5, 5.41) is 7.50. The van der Waals surface area contributed by atoms with Crippen LogP contribution in [0.3, 0.4) is 0 Å². The van der Waals surface area contributed by atoms with E-state index >= 15 is 0 Å². The molecule has 0 bridgehead atoms. The number of aromatic nitrogens is 5. The van der Waals surface area contributed by atoms with Crippen molar-refractivity contribution in [3.05, 3.63) is 52.9 Å². The Bertz CT molecular complexity index is 927. The van der Waals surface area contributed by atoms with Crippen LogP contribution in [0.5, 0.6) is 0 Å². The van der Waals surface area contributed by atoms with Gasteiger partial charge in [-0.1, -0.05) is 11.1 Å². The Morgan fingerprint density at radius 1 is 1.26 bits per heavy atom. The monoisotopic (exact) mass is 323 g/mol. The number of hydrogen-bond donors (Lipinski definition) is 2. The van der Waals surface area contributed by atoms with Crippen molar-refractivity contribution in [3.8, 4) is 11.3 Å². The molecule has 7 heteroatoms. The minimum Gasteiger partial charge on any atom is -0.363 e. The van der Waals surface area contributed by atoms with Crippen molar-refractivity contribution in [2.24, 2.45) is 0 Å². The maximum absolute atomic E-state index is 4.52. The SMILES string of the molecule is Cc1nc(NCc2ccc(-c3ccsc3)nc2)c2[nH]c[nH+]c2n1. The fourth-order valence-corrected chi connectivity index (χ4v) is 3.06. The van der Waals surface area contributed by atoms with Crippen LogP contribution in [0.2, 0.25) is 0 Å². The molecule has 4 aromatic rings. The first kappa shape index (κ1) is 13.8. The summed E-state index contributed by atoms with van der Waals surface area (Å²) in [5.74, 6) is 1.51. The molecule has 0 atom stereocenters. The number of fused-ring (bicyclic) bond motifs is 1. The van der Waals surface area contributed by atoms with Crippen LogP contribution < -0.4 is 10.3 Å². The van der Waals surface area contributed by atoms with Gasteiger partial charge in [0, 0.05) is 30.6 Å². The fourth-order valence-electron chi connectivity index (χ4n) is 2.41. The van der Waals surface area contributed by atoms with Gasteiger partial charge in [0.25, 0.3) is 0 Å². The standard InChI is InChI=1S/C16H14N6S/c1-10-21-15(14-16(22-10)20-9-19-14)18-7-11-2-3-13(17-6-11)12-4-5-23-8-12/h2-6,8-9H,7H2,1H3,(H2,18,19,20,21,22)/p+1. The topological polar surface area (TPSA) is 80.6 Å². The van der Waals surface area contributed by atoms with Crippen LogP contribution in [-0.2, 0) is 6.54 Å². The molecule has 4 rings (SSSR count). The summed E-state index contributed by atoms with van der Waals surface area (Å²) in [6.07, 6.45) is 3.65. The van der Waals surface area contributed by atoms with Gasteiger partial charge in [0.1, 0.15) is 0 Å². The first-order chi connectivity index (χ1) is 11.3. The van der Waals surface area contributed by atoms with Crippen LogP contribution >= 0.6 is 11.3 Å². The molecule has 4 aromatic heterocycles. The number of H-pyrrole nitrogens is 2. The predicted molar refractivity (Wildman–Crippen MR) is 90.1 cm³/mol. The van der Waals surface area contributed by atoms with Gasteiger partial charge in [-0.15, -0.1) is 0 Å². The summed E-state index contributed by atoms with van der Waals surface area (Å²) in [4.78, 5) is 19.5.